The molecule has 0 amide bonds. The molecule has 0 radical (unpaired) electrons. The molecule has 0 saturated heterocycles. The zero-order valence-electron chi connectivity index (χ0n) is 15.0. The van der Waals surface area contributed by atoms with Crippen LogP contribution >= 0.6 is 11.8 Å². The number of hydrogen-bond acceptors (Lipinski definition) is 9. The van der Waals surface area contributed by atoms with Crippen LogP contribution in [0.1, 0.15) is 30.1 Å². The number of aromatic nitrogens is 5. The quantitative estimate of drug-likeness (QED) is 0.627. The van der Waals surface area contributed by atoms with E-state index in [-0.39, 0.29) is 5.95 Å². The molecule has 0 spiro atoms. The van der Waals surface area contributed by atoms with Crippen molar-refractivity contribution < 1.29 is 4.42 Å². The number of hydrogen-bond donors (Lipinski definition) is 1. The van der Waals surface area contributed by atoms with E-state index in [1.54, 1.807) is 4.90 Å². The standard InChI is InChI=1S/C17H21N7OS/c1-11(12-7-5-4-6-8-12)9-14-22-23-17(25-14)26-10-13-19-15(18)21-16(20-13)24(2)3/h4-8,11H,9-10H2,1-3H3,(H2,18,19,20,21). The Morgan fingerprint density at radius 3 is 2.62 bits per heavy atom. The van der Waals surface area contributed by atoms with Crippen LogP contribution in [0.15, 0.2) is 40.0 Å². The zero-order chi connectivity index (χ0) is 18.5. The van der Waals surface area contributed by atoms with Gasteiger partial charge in [-0.05, 0) is 11.5 Å². The molecule has 0 saturated carbocycles. The molecule has 2 aromatic heterocycles. The van der Waals surface area contributed by atoms with Crippen LogP contribution in [0.4, 0.5) is 11.9 Å². The summed E-state index contributed by atoms with van der Waals surface area (Å²) >= 11 is 1.38. The van der Waals surface area contributed by atoms with Gasteiger partial charge in [-0.25, -0.2) is 0 Å². The van der Waals surface area contributed by atoms with E-state index in [0.717, 1.165) is 0 Å². The van der Waals surface area contributed by atoms with Gasteiger partial charge >= 0.3 is 0 Å². The number of nitrogens with two attached hydrogens (primary N) is 1. The number of anilines is 2. The lowest BCUT2D eigenvalue weighted by molar-refractivity contribution is 0.404. The number of nitrogens with zero attached hydrogens (tertiary/aromatic N) is 6. The van der Waals surface area contributed by atoms with Gasteiger partial charge in [-0.1, -0.05) is 49.0 Å². The minimum atomic E-state index is 0.196. The number of nitrogen functional groups attached to an aromatic ring is 1. The molecule has 0 aliphatic heterocycles. The Hall–Kier alpha value is -2.68. The van der Waals surface area contributed by atoms with E-state index in [2.05, 4.69) is 44.2 Å². The van der Waals surface area contributed by atoms with Crippen LogP contribution in [0, 0.1) is 0 Å². The van der Waals surface area contributed by atoms with E-state index in [1.165, 1.54) is 17.3 Å². The third-order valence-electron chi connectivity index (χ3n) is 3.71. The smallest absolute Gasteiger partial charge is 0.277 e. The van der Waals surface area contributed by atoms with Gasteiger partial charge in [-0.3, -0.25) is 0 Å². The van der Waals surface area contributed by atoms with Crippen LogP contribution in [0.3, 0.4) is 0 Å². The maximum absolute atomic E-state index is 5.73. The summed E-state index contributed by atoms with van der Waals surface area (Å²) in [5.74, 6) is 2.69. The molecule has 0 bridgehead atoms. The summed E-state index contributed by atoms with van der Waals surface area (Å²) in [5.41, 5.74) is 6.98. The summed E-state index contributed by atoms with van der Waals surface area (Å²) in [6.45, 7) is 2.14. The summed E-state index contributed by atoms with van der Waals surface area (Å²) in [6.07, 6.45) is 0.695. The molecule has 26 heavy (non-hydrogen) atoms. The van der Waals surface area contributed by atoms with E-state index < -0.39 is 0 Å². The molecular weight excluding hydrogens is 350 g/mol. The Kier molecular flexibility index (Phi) is 5.67. The molecule has 0 aliphatic rings. The molecule has 1 aromatic carbocycles. The van der Waals surface area contributed by atoms with Crippen molar-refractivity contribution >= 4 is 23.7 Å². The van der Waals surface area contributed by atoms with Gasteiger partial charge in [0.2, 0.25) is 17.8 Å². The summed E-state index contributed by atoms with van der Waals surface area (Å²) in [6, 6.07) is 10.3. The van der Waals surface area contributed by atoms with E-state index in [4.69, 9.17) is 10.2 Å². The number of benzene rings is 1. The van der Waals surface area contributed by atoms with E-state index in [0.29, 0.717) is 41.0 Å². The Morgan fingerprint density at radius 2 is 1.88 bits per heavy atom. The summed E-state index contributed by atoms with van der Waals surface area (Å²) < 4.78 is 5.73. The number of rotatable bonds is 7. The molecule has 2 N–H and O–H groups in total. The first-order chi connectivity index (χ1) is 12.5. The fourth-order valence-corrected chi connectivity index (χ4v) is 2.99. The molecule has 1 atom stereocenters. The summed E-state index contributed by atoms with van der Waals surface area (Å²) in [4.78, 5) is 14.4. The van der Waals surface area contributed by atoms with Crippen LogP contribution in [-0.4, -0.2) is 39.2 Å². The zero-order valence-corrected chi connectivity index (χ0v) is 15.8. The van der Waals surface area contributed by atoms with Crippen molar-refractivity contribution in [3.63, 3.8) is 0 Å². The third-order valence-corrected chi connectivity index (χ3v) is 4.52. The van der Waals surface area contributed by atoms with Gasteiger partial charge in [-0.15, -0.1) is 10.2 Å². The number of thioether (sulfide) groups is 1. The van der Waals surface area contributed by atoms with Crippen molar-refractivity contribution in [2.24, 2.45) is 0 Å². The fraction of sp³-hybridized carbons (Fsp3) is 0.353. The van der Waals surface area contributed by atoms with Crippen LogP contribution < -0.4 is 10.6 Å². The van der Waals surface area contributed by atoms with Crippen molar-refractivity contribution in [3.05, 3.63) is 47.6 Å². The highest BCUT2D eigenvalue weighted by molar-refractivity contribution is 7.98. The highest BCUT2D eigenvalue weighted by Crippen LogP contribution is 2.24. The van der Waals surface area contributed by atoms with Gasteiger partial charge in [0.25, 0.3) is 5.22 Å². The first-order valence-corrected chi connectivity index (χ1v) is 9.17. The largest absolute Gasteiger partial charge is 0.416 e. The topological polar surface area (TPSA) is 107 Å². The first kappa shape index (κ1) is 18.1. The van der Waals surface area contributed by atoms with Crippen LogP contribution in [0.2, 0.25) is 0 Å². The Bertz CT molecular complexity index is 853. The van der Waals surface area contributed by atoms with Crippen molar-refractivity contribution in [1.29, 1.82) is 0 Å². The van der Waals surface area contributed by atoms with Gasteiger partial charge in [0.15, 0.2) is 0 Å². The second-order valence-electron chi connectivity index (χ2n) is 6.07. The van der Waals surface area contributed by atoms with Crippen molar-refractivity contribution in [2.75, 3.05) is 24.7 Å². The van der Waals surface area contributed by atoms with Crippen LogP contribution in [0.25, 0.3) is 0 Å². The Morgan fingerprint density at radius 1 is 1.12 bits per heavy atom. The Labute approximate surface area is 156 Å². The van der Waals surface area contributed by atoms with E-state index >= 15 is 0 Å². The second-order valence-corrected chi connectivity index (χ2v) is 7.00. The first-order valence-electron chi connectivity index (χ1n) is 8.19. The minimum absolute atomic E-state index is 0.196. The molecule has 3 aromatic rings. The monoisotopic (exact) mass is 371 g/mol. The van der Waals surface area contributed by atoms with Crippen molar-refractivity contribution in [1.82, 2.24) is 25.1 Å². The molecule has 0 fully saturated rings. The molecular formula is C17H21N7OS. The maximum Gasteiger partial charge on any atom is 0.277 e. The second kappa shape index (κ2) is 8.13. The van der Waals surface area contributed by atoms with E-state index in [9.17, 15) is 0 Å². The van der Waals surface area contributed by atoms with Gasteiger partial charge in [0, 0.05) is 20.5 Å². The summed E-state index contributed by atoms with van der Waals surface area (Å²) in [7, 11) is 3.70. The van der Waals surface area contributed by atoms with Crippen molar-refractivity contribution in [3.8, 4) is 0 Å². The maximum atomic E-state index is 5.73. The van der Waals surface area contributed by atoms with Gasteiger partial charge in [-0.2, -0.15) is 15.0 Å². The molecule has 136 valence electrons. The highest BCUT2D eigenvalue weighted by Gasteiger charge is 2.14. The summed E-state index contributed by atoms with van der Waals surface area (Å²) in [5, 5.41) is 8.72. The van der Waals surface area contributed by atoms with Crippen LogP contribution in [-0.2, 0) is 12.2 Å². The fourth-order valence-electron chi connectivity index (χ4n) is 2.36. The van der Waals surface area contributed by atoms with E-state index in [1.807, 2.05) is 32.3 Å². The molecule has 8 nitrogen and oxygen atoms in total. The average molecular weight is 371 g/mol. The van der Waals surface area contributed by atoms with Crippen LogP contribution in [0.5, 0.6) is 0 Å². The normalized spacial score (nSPS) is 12.1. The minimum Gasteiger partial charge on any atom is -0.416 e. The van der Waals surface area contributed by atoms with Gasteiger partial charge in [0.05, 0.1) is 5.75 Å². The molecule has 3 rings (SSSR count). The third kappa shape index (κ3) is 4.69. The SMILES string of the molecule is CC(Cc1nnc(SCc2nc(N)nc(N(C)C)n2)o1)c1ccccc1. The average Bonchev–Trinajstić information content (AvgIpc) is 3.07. The lowest BCUT2D eigenvalue weighted by Gasteiger charge is -2.10. The predicted octanol–water partition coefficient (Wildman–Crippen LogP) is 2.54. The Balaban J connectivity index is 1.60. The van der Waals surface area contributed by atoms with Gasteiger partial charge in [0.1, 0.15) is 5.82 Å². The predicted molar refractivity (Wildman–Crippen MR) is 101 cm³/mol. The molecule has 9 heteroatoms. The van der Waals surface area contributed by atoms with Gasteiger partial charge < -0.3 is 15.1 Å². The van der Waals surface area contributed by atoms with Crippen molar-refractivity contribution in [2.45, 2.75) is 30.2 Å². The highest BCUT2D eigenvalue weighted by atomic mass is 32.2. The lowest BCUT2D eigenvalue weighted by atomic mass is 9.98. The molecule has 1 unspecified atom stereocenters. The molecule has 0 aliphatic carbocycles. The molecule has 2 heterocycles. The lowest BCUT2D eigenvalue weighted by Crippen LogP contribution is -2.15.